The van der Waals surface area contributed by atoms with Crippen molar-refractivity contribution in [1.82, 2.24) is 10.2 Å². The van der Waals surface area contributed by atoms with Gasteiger partial charge in [-0.1, -0.05) is 12.1 Å². The Kier molecular flexibility index (Phi) is 7.85. The van der Waals surface area contributed by atoms with Crippen molar-refractivity contribution in [1.29, 1.82) is 0 Å². The van der Waals surface area contributed by atoms with E-state index in [4.69, 9.17) is 14.2 Å². The standard InChI is InChI=1S/C23H25N3O7/c1-3-31-16-9-11-17(12-10-16)33-14-13-24-20(27)15-25-21(28)22(29)26(23(25)30)18-7-5-6-8-19(18)32-4-2/h5-12H,3-4,13-15H2,1-2H3,(H,24,27). The zero-order chi connectivity index (χ0) is 23.8. The number of ether oxygens (including phenoxy) is 3. The van der Waals surface area contributed by atoms with Gasteiger partial charge in [0.15, 0.2) is 0 Å². The summed E-state index contributed by atoms with van der Waals surface area (Å²) >= 11 is 0. The lowest BCUT2D eigenvalue weighted by atomic mass is 10.2. The van der Waals surface area contributed by atoms with Crippen LogP contribution in [0.3, 0.4) is 0 Å². The summed E-state index contributed by atoms with van der Waals surface area (Å²) in [4.78, 5) is 51.1. The minimum absolute atomic E-state index is 0.146. The molecule has 3 rings (SSSR count). The van der Waals surface area contributed by atoms with E-state index in [1.54, 1.807) is 49.4 Å². The van der Waals surface area contributed by atoms with E-state index in [9.17, 15) is 19.2 Å². The Morgan fingerprint density at radius 1 is 0.848 bits per heavy atom. The number of amides is 5. The zero-order valence-corrected chi connectivity index (χ0v) is 18.4. The van der Waals surface area contributed by atoms with Gasteiger partial charge in [-0.05, 0) is 50.2 Å². The van der Waals surface area contributed by atoms with E-state index in [1.807, 2.05) is 6.92 Å². The SMILES string of the molecule is CCOc1ccc(OCCNC(=O)CN2C(=O)C(=O)N(c3ccccc3OCC)C2=O)cc1. The normalized spacial score (nSPS) is 13.3. The minimum Gasteiger partial charge on any atom is -0.494 e. The fraction of sp³-hybridized carbons (Fsp3) is 0.304. The van der Waals surface area contributed by atoms with E-state index >= 15 is 0 Å². The second kappa shape index (κ2) is 11.0. The Hall–Kier alpha value is -4.08. The molecule has 1 fully saturated rings. The summed E-state index contributed by atoms with van der Waals surface area (Å²) in [6.45, 7) is 4.26. The number of carbonyl (C=O) groups excluding carboxylic acids is 4. The Balaban J connectivity index is 1.53. The number of anilines is 1. The number of carbonyl (C=O) groups is 4. The average Bonchev–Trinajstić information content (AvgIpc) is 3.02. The zero-order valence-electron chi connectivity index (χ0n) is 18.4. The van der Waals surface area contributed by atoms with Crippen LogP contribution in [0.2, 0.25) is 0 Å². The highest BCUT2D eigenvalue weighted by molar-refractivity contribution is 6.53. The van der Waals surface area contributed by atoms with Gasteiger partial charge in [-0.3, -0.25) is 14.4 Å². The molecule has 1 aliphatic rings. The molecule has 10 heteroatoms. The summed E-state index contributed by atoms with van der Waals surface area (Å²) < 4.78 is 16.3. The predicted octanol–water partition coefficient (Wildman–Crippen LogP) is 1.97. The smallest absolute Gasteiger partial charge is 0.339 e. The third-order valence-corrected chi connectivity index (χ3v) is 4.59. The highest BCUT2D eigenvalue weighted by atomic mass is 16.5. The molecule has 0 bridgehead atoms. The molecule has 0 radical (unpaired) electrons. The number of urea groups is 1. The quantitative estimate of drug-likeness (QED) is 0.313. The first-order valence-corrected chi connectivity index (χ1v) is 10.5. The van der Waals surface area contributed by atoms with Crippen molar-refractivity contribution in [2.45, 2.75) is 13.8 Å². The molecule has 1 heterocycles. The molecule has 0 atom stereocenters. The first kappa shape index (κ1) is 23.6. The van der Waals surface area contributed by atoms with Crippen LogP contribution in [0.1, 0.15) is 13.8 Å². The molecule has 0 aliphatic carbocycles. The Bertz CT molecular complexity index is 1020. The molecule has 5 amide bonds. The molecule has 1 saturated heterocycles. The summed E-state index contributed by atoms with van der Waals surface area (Å²) in [6.07, 6.45) is 0. The van der Waals surface area contributed by atoms with Gasteiger partial charge >= 0.3 is 17.8 Å². The molecule has 0 spiro atoms. The Morgan fingerprint density at radius 3 is 2.15 bits per heavy atom. The van der Waals surface area contributed by atoms with Gasteiger partial charge in [-0.15, -0.1) is 0 Å². The van der Waals surface area contributed by atoms with Crippen LogP contribution in [0.15, 0.2) is 48.5 Å². The summed E-state index contributed by atoms with van der Waals surface area (Å²) in [5.41, 5.74) is 0.148. The summed E-state index contributed by atoms with van der Waals surface area (Å²) in [5, 5.41) is 2.56. The van der Waals surface area contributed by atoms with E-state index in [-0.39, 0.29) is 24.6 Å². The highest BCUT2D eigenvalue weighted by Crippen LogP contribution is 2.31. The first-order valence-electron chi connectivity index (χ1n) is 10.5. The average molecular weight is 455 g/mol. The molecule has 1 N–H and O–H groups in total. The van der Waals surface area contributed by atoms with E-state index in [1.165, 1.54) is 6.07 Å². The first-order chi connectivity index (χ1) is 16.0. The second-order valence-corrected chi connectivity index (χ2v) is 6.82. The van der Waals surface area contributed by atoms with E-state index in [0.29, 0.717) is 23.9 Å². The lowest BCUT2D eigenvalue weighted by molar-refractivity contribution is -0.140. The molecule has 2 aromatic rings. The van der Waals surface area contributed by atoms with Crippen molar-refractivity contribution in [3.05, 3.63) is 48.5 Å². The topological polar surface area (TPSA) is 114 Å². The van der Waals surface area contributed by atoms with Crippen LogP contribution in [-0.2, 0) is 14.4 Å². The highest BCUT2D eigenvalue weighted by Gasteiger charge is 2.47. The number of hydrogen-bond acceptors (Lipinski definition) is 7. The summed E-state index contributed by atoms with van der Waals surface area (Å²) in [6, 6.07) is 12.5. The second-order valence-electron chi connectivity index (χ2n) is 6.82. The summed E-state index contributed by atoms with van der Waals surface area (Å²) in [5.74, 6) is -1.10. The van der Waals surface area contributed by atoms with Crippen molar-refractivity contribution in [3.8, 4) is 17.2 Å². The number of hydrogen-bond donors (Lipinski definition) is 1. The number of nitrogens with zero attached hydrogens (tertiary/aromatic N) is 2. The maximum absolute atomic E-state index is 12.7. The van der Waals surface area contributed by atoms with Crippen LogP contribution in [-0.4, -0.2) is 61.6 Å². The lowest BCUT2D eigenvalue weighted by Crippen LogP contribution is -2.42. The Labute approximate surface area is 191 Å². The van der Waals surface area contributed by atoms with Crippen LogP contribution in [0.25, 0.3) is 0 Å². The third-order valence-electron chi connectivity index (χ3n) is 4.59. The molecule has 0 aromatic heterocycles. The maximum atomic E-state index is 12.7. The molecule has 10 nitrogen and oxygen atoms in total. The molecule has 1 aliphatic heterocycles. The fourth-order valence-corrected chi connectivity index (χ4v) is 3.13. The number of imide groups is 2. The van der Waals surface area contributed by atoms with Gasteiger partial charge in [-0.25, -0.2) is 14.6 Å². The summed E-state index contributed by atoms with van der Waals surface area (Å²) in [7, 11) is 0. The van der Waals surface area contributed by atoms with Gasteiger partial charge in [0.1, 0.15) is 30.4 Å². The fourth-order valence-electron chi connectivity index (χ4n) is 3.13. The number of rotatable bonds is 11. The van der Waals surface area contributed by atoms with Crippen LogP contribution >= 0.6 is 0 Å². The Morgan fingerprint density at radius 2 is 1.48 bits per heavy atom. The molecular weight excluding hydrogens is 430 g/mol. The maximum Gasteiger partial charge on any atom is 0.339 e. The van der Waals surface area contributed by atoms with Gasteiger partial charge < -0.3 is 19.5 Å². The molecule has 174 valence electrons. The lowest BCUT2D eigenvalue weighted by Gasteiger charge is -2.18. The van der Waals surface area contributed by atoms with Crippen molar-refractivity contribution < 1.29 is 33.4 Å². The van der Waals surface area contributed by atoms with Gasteiger partial charge in [0.2, 0.25) is 5.91 Å². The molecule has 0 saturated carbocycles. The predicted molar refractivity (Wildman–Crippen MR) is 118 cm³/mol. The monoisotopic (exact) mass is 455 g/mol. The van der Waals surface area contributed by atoms with Gasteiger partial charge in [0.05, 0.1) is 25.4 Å². The molecular formula is C23H25N3O7. The van der Waals surface area contributed by atoms with E-state index in [2.05, 4.69) is 5.32 Å². The van der Waals surface area contributed by atoms with Gasteiger partial charge in [0.25, 0.3) is 0 Å². The van der Waals surface area contributed by atoms with Crippen LogP contribution in [0.5, 0.6) is 17.2 Å². The molecule has 33 heavy (non-hydrogen) atoms. The van der Waals surface area contributed by atoms with Gasteiger partial charge in [-0.2, -0.15) is 0 Å². The van der Waals surface area contributed by atoms with Crippen molar-refractivity contribution in [3.63, 3.8) is 0 Å². The minimum atomic E-state index is -1.08. The molecule has 2 aromatic carbocycles. The van der Waals surface area contributed by atoms with Crippen molar-refractivity contribution >= 4 is 29.4 Å². The van der Waals surface area contributed by atoms with Gasteiger partial charge in [0, 0.05) is 0 Å². The number of benzene rings is 2. The largest absolute Gasteiger partial charge is 0.494 e. The van der Waals surface area contributed by atoms with E-state index < -0.39 is 30.3 Å². The third kappa shape index (κ3) is 5.59. The molecule has 0 unspecified atom stereocenters. The van der Waals surface area contributed by atoms with E-state index in [0.717, 1.165) is 10.6 Å². The van der Waals surface area contributed by atoms with Crippen molar-refractivity contribution in [2.75, 3.05) is 37.8 Å². The number of para-hydroxylation sites is 2. The van der Waals surface area contributed by atoms with Crippen LogP contribution in [0.4, 0.5) is 10.5 Å². The van der Waals surface area contributed by atoms with Crippen LogP contribution in [0, 0.1) is 0 Å². The van der Waals surface area contributed by atoms with Crippen LogP contribution < -0.4 is 24.4 Å². The number of nitrogens with one attached hydrogen (secondary N) is 1. The van der Waals surface area contributed by atoms with Crippen molar-refractivity contribution in [2.24, 2.45) is 0 Å².